The number of benzene rings is 1. The predicted octanol–water partition coefficient (Wildman–Crippen LogP) is 2.06. The van der Waals surface area contributed by atoms with Gasteiger partial charge in [-0.15, -0.1) is 0 Å². The minimum Gasteiger partial charge on any atom is -0.310 e. The van der Waals surface area contributed by atoms with Crippen LogP contribution in [-0.2, 0) is 19.5 Å². The highest BCUT2D eigenvalue weighted by atomic mass is 16.1. The van der Waals surface area contributed by atoms with Crippen LogP contribution < -0.4 is 10.9 Å². The van der Waals surface area contributed by atoms with Gasteiger partial charge in [-0.2, -0.15) is 0 Å². The lowest BCUT2D eigenvalue weighted by atomic mass is 10.1. The molecule has 0 saturated heterocycles. The lowest BCUT2D eigenvalue weighted by Crippen LogP contribution is -2.29. The topological polar surface area (TPSA) is 34.0 Å². The van der Waals surface area contributed by atoms with E-state index in [1.54, 1.807) is 0 Å². The summed E-state index contributed by atoms with van der Waals surface area (Å²) < 4.78 is 1.93. The van der Waals surface area contributed by atoms with Gasteiger partial charge in [0.1, 0.15) is 0 Å². The van der Waals surface area contributed by atoms with Gasteiger partial charge in [0.15, 0.2) is 0 Å². The third-order valence-corrected chi connectivity index (χ3v) is 3.58. The molecule has 0 saturated carbocycles. The number of para-hydroxylation sites is 1. The zero-order valence-electron chi connectivity index (χ0n) is 10.9. The first-order valence-electron chi connectivity index (χ1n) is 6.54. The minimum atomic E-state index is 0.167. The highest BCUT2D eigenvalue weighted by Crippen LogP contribution is 2.24. The third-order valence-electron chi connectivity index (χ3n) is 3.58. The van der Waals surface area contributed by atoms with Gasteiger partial charge in [0.25, 0.3) is 5.56 Å². The van der Waals surface area contributed by atoms with Crippen molar-refractivity contribution in [2.24, 2.45) is 0 Å². The molecule has 3 rings (SSSR count). The lowest BCUT2D eigenvalue weighted by Gasteiger charge is -2.11. The second kappa shape index (κ2) is 4.25. The Morgan fingerprint density at radius 3 is 3.00 bits per heavy atom. The molecule has 0 bridgehead atoms. The number of aromatic nitrogens is 1. The van der Waals surface area contributed by atoms with Crippen molar-refractivity contribution in [2.45, 2.75) is 39.4 Å². The van der Waals surface area contributed by atoms with E-state index in [2.05, 4.69) is 37.4 Å². The number of nitrogens with one attached hydrogen (secondary N) is 1. The van der Waals surface area contributed by atoms with Crippen LogP contribution in [0.4, 0.5) is 0 Å². The summed E-state index contributed by atoms with van der Waals surface area (Å²) in [6.45, 7) is 5.66. The van der Waals surface area contributed by atoms with Gasteiger partial charge in [-0.05, 0) is 23.4 Å². The average Bonchev–Trinajstić information content (AvgIpc) is 2.77. The molecule has 2 aromatic rings. The van der Waals surface area contributed by atoms with Gasteiger partial charge in [0.05, 0.1) is 5.52 Å². The fourth-order valence-corrected chi connectivity index (χ4v) is 2.67. The molecule has 0 fully saturated rings. The minimum absolute atomic E-state index is 0.167. The highest BCUT2D eigenvalue weighted by molar-refractivity contribution is 5.84. The SMILES string of the molecule is CC(C)NCc1cc2cccc3c2n(c1=O)CC3. The van der Waals surface area contributed by atoms with E-state index in [9.17, 15) is 4.79 Å². The van der Waals surface area contributed by atoms with Crippen LogP contribution in [0.15, 0.2) is 29.1 Å². The van der Waals surface area contributed by atoms with E-state index in [-0.39, 0.29) is 5.56 Å². The molecular weight excluding hydrogens is 224 g/mol. The zero-order valence-corrected chi connectivity index (χ0v) is 10.9. The maximum absolute atomic E-state index is 12.4. The standard InChI is InChI=1S/C15H18N2O/c1-10(2)16-9-13-8-12-5-3-4-11-6-7-17(14(11)12)15(13)18/h3-5,8,10,16H,6-7,9H2,1-2H3. The zero-order chi connectivity index (χ0) is 12.7. The molecule has 3 nitrogen and oxygen atoms in total. The molecule has 0 spiro atoms. The van der Waals surface area contributed by atoms with Gasteiger partial charge in [-0.1, -0.05) is 32.0 Å². The third kappa shape index (κ3) is 1.75. The highest BCUT2D eigenvalue weighted by Gasteiger charge is 2.17. The van der Waals surface area contributed by atoms with Crippen molar-refractivity contribution < 1.29 is 0 Å². The maximum Gasteiger partial charge on any atom is 0.255 e. The largest absolute Gasteiger partial charge is 0.310 e. The number of aryl methyl sites for hydroxylation is 2. The van der Waals surface area contributed by atoms with Gasteiger partial charge < -0.3 is 9.88 Å². The van der Waals surface area contributed by atoms with Crippen molar-refractivity contribution in [1.82, 2.24) is 9.88 Å². The second-order valence-corrected chi connectivity index (χ2v) is 5.27. The fourth-order valence-electron chi connectivity index (χ4n) is 2.67. The molecule has 3 heteroatoms. The van der Waals surface area contributed by atoms with Gasteiger partial charge >= 0.3 is 0 Å². The molecule has 1 N–H and O–H groups in total. The molecular formula is C15H18N2O. The Morgan fingerprint density at radius 2 is 2.22 bits per heavy atom. The maximum atomic E-state index is 12.4. The van der Waals surface area contributed by atoms with Crippen molar-refractivity contribution in [3.63, 3.8) is 0 Å². The second-order valence-electron chi connectivity index (χ2n) is 5.27. The summed E-state index contributed by atoms with van der Waals surface area (Å²) in [6, 6.07) is 8.73. The molecule has 1 aromatic carbocycles. The number of pyridine rings is 1. The van der Waals surface area contributed by atoms with Gasteiger partial charge in [-0.3, -0.25) is 4.79 Å². The number of nitrogens with zero attached hydrogens (tertiary/aromatic N) is 1. The van der Waals surface area contributed by atoms with E-state index < -0.39 is 0 Å². The molecule has 1 aromatic heterocycles. The van der Waals surface area contributed by atoms with E-state index >= 15 is 0 Å². The Morgan fingerprint density at radius 1 is 1.39 bits per heavy atom. The first-order chi connectivity index (χ1) is 8.66. The molecule has 0 unspecified atom stereocenters. The average molecular weight is 242 g/mol. The fraction of sp³-hybridized carbons (Fsp3) is 0.400. The van der Waals surface area contributed by atoms with Gasteiger partial charge in [-0.25, -0.2) is 0 Å². The van der Waals surface area contributed by atoms with Crippen LogP contribution in [0.3, 0.4) is 0 Å². The Kier molecular flexibility index (Phi) is 2.71. The monoisotopic (exact) mass is 242 g/mol. The summed E-state index contributed by atoms with van der Waals surface area (Å²) in [5.74, 6) is 0. The molecule has 2 heterocycles. The van der Waals surface area contributed by atoms with E-state index in [1.807, 2.05) is 10.6 Å². The molecule has 94 valence electrons. The van der Waals surface area contributed by atoms with E-state index in [1.165, 1.54) is 10.9 Å². The van der Waals surface area contributed by atoms with E-state index in [0.717, 1.165) is 24.0 Å². The summed E-state index contributed by atoms with van der Waals surface area (Å²) in [4.78, 5) is 12.4. The first kappa shape index (κ1) is 11.5. The quantitative estimate of drug-likeness (QED) is 0.894. The van der Waals surface area contributed by atoms with Crippen LogP contribution in [0.1, 0.15) is 25.0 Å². The molecule has 1 aliphatic heterocycles. The lowest BCUT2D eigenvalue weighted by molar-refractivity contribution is 0.582. The van der Waals surface area contributed by atoms with Crippen molar-refractivity contribution in [3.8, 4) is 0 Å². The predicted molar refractivity (Wildman–Crippen MR) is 73.9 cm³/mol. The molecule has 0 amide bonds. The van der Waals surface area contributed by atoms with Crippen LogP contribution in [-0.4, -0.2) is 10.6 Å². The van der Waals surface area contributed by atoms with Crippen molar-refractivity contribution in [2.75, 3.05) is 0 Å². The van der Waals surface area contributed by atoms with E-state index in [0.29, 0.717) is 12.6 Å². The molecule has 0 radical (unpaired) electrons. The van der Waals surface area contributed by atoms with Crippen molar-refractivity contribution >= 4 is 10.9 Å². The van der Waals surface area contributed by atoms with Crippen LogP contribution in [0, 0.1) is 0 Å². The van der Waals surface area contributed by atoms with Crippen LogP contribution >= 0.6 is 0 Å². The van der Waals surface area contributed by atoms with E-state index in [4.69, 9.17) is 0 Å². The smallest absolute Gasteiger partial charge is 0.255 e. The summed E-state index contributed by atoms with van der Waals surface area (Å²) in [5.41, 5.74) is 3.47. The molecule has 18 heavy (non-hydrogen) atoms. The normalized spacial score (nSPS) is 13.7. The summed E-state index contributed by atoms with van der Waals surface area (Å²) in [5, 5.41) is 4.51. The molecule has 0 atom stereocenters. The van der Waals surface area contributed by atoms with Crippen LogP contribution in [0.25, 0.3) is 10.9 Å². The Labute approximate surface area is 106 Å². The van der Waals surface area contributed by atoms with Crippen LogP contribution in [0.5, 0.6) is 0 Å². The Bertz CT molecular complexity index is 655. The Hall–Kier alpha value is -1.61. The van der Waals surface area contributed by atoms with Gasteiger partial charge in [0, 0.05) is 24.7 Å². The Balaban J connectivity index is 2.14. The molecule has 0 aliphatic carbocycles. The van der Waals surface area contributed by atoms with Crippen LogP contribution in [0.2, 0.25) is 0 Å². The first-order valence-corrected chi connectivity index (χ1v) is 6.54. The summed E-state index contributed by atoms with van der Waals surface area (Å²) in [7, 11) is 0. The number of rotatable bonds is 3. The van der Waals surface area contributed by atoms with Crippen molar-refractivity contribution in [1.29, 1.82) is 0 Å². The summed E-state index contributed by atoms with van der Waals surface area (Å²) in [6.07, 6.45) is 0.980. The van der Waals surface area contributed by atoms with Gasteiger partial charge in [0.2, 0.25) is 0 Å². The number of hydrogen-bond acceptors (Lipinski definition) is 2. The molecule has 1 aliphatic rings. The van der Waals surface area contributed by atoms with Crippen molar-refractivity contribution in [3.05, 3.63) is 45.7 Å². The number of hydrogen-bond donors (Lipinski definition) is 1. The summed E-state index contributed by atoms with van der Waals surface area (Å²) >= 11 is 0.